The van der Waals surface area contributed by atoms with Gasteiger partial charge in [0.05, 0.1) is 6.61 Å². The van der Waals surface area contributed by atoms with Crippen LogP contribution >= 0.6 is 0 Å². The predicted octanol–water partition coefficient (Wildman–Crippen LogP) is 3.20. The molecule has 0 saturated heterocycles. The van der Waals surface area contributed by atoms with Crippen molar-refractivity contribution in [1.29, 1.82) is 0 Å². The molecule has 0 spiro atoms. The van der Waals surface area contributed by atoms with E-state index >= 15 is 0 Å². The third-order valence-corrected chi connectivity index (χ3v) is 2.90. The third kappa shape index (κ3) is 2.98. The van der Waals surface area contributed by atoms with Crippen LogP contribution in [0, 0.1) is 5.41 Å². The Hall–Kier alpha value is -1.54. The fourth-order valence-electron chi connectivity index (χ4n) is 1.59. The quantitative estimate of drug-likeness (QED) is 0.873. The lowest BCUT2D eigenvalue weighted by molar-refractivity contribution is 0.187. The molecule has 0 aliphatic carbocycles. The maximum Gasteiger partial charge on any atom is 0.119 e. The number of hydrogen-bond acceptors (Lipinski definition) is 2. The average molecular weight is 229 g/mol. The SMILES string of the molecule is CC(C)(CN)COc1ccc2ccccc2c1. The van der Waals surface area contributed by atoms with Crippen molar-refractivity contribution in [2.45, 2.75) is 13.8 Å². The topological polar surface area (TPSA) is 35.2 Å². The van der Waals surface area contributed by atoms with Gasteiger partial charge in [-0.1, -0.05) is 44.2 Å². The normalized spacial score (nSPS) is 11.7. The third-order valence-electron chi connectivity index (χ3n) is 2.90. The van der Waals surface area contributed by atoms with Gasteiger partial charge >= 0.3 is 0 Å². The minimum Gasteiger partial charge on any atom is -0.493 e. The first-order valence-corrected chi connectivity index (χ1v) is 5.92. The summed E-state index contributed by atoms with van der Waals surface area (Å²) in [5.74, 6) is 0.908. The molecular formula is C15H19NO. The van der Waals surface area contributed by atoms with Gasteiger partial charge in [-0.3, -0.25) is 0 Å². The van der Waals surface area contributed by atoms with Gasteiger partial charge in [-0.15, -0.1) is 0 Å². The fourth-order valence-corrected chi connectivity index (χ4v) is 1.59. The Labute approximate surface area is 102 Å². The summed E-state index contributed by atoms with van der Waals surface area (Å²) in [4.78, 5) is 0. The standard InChI is InChI=1S/C15H19NO/c1-15(2,10-16)11-17-14-8-7-12-5-3-4-6-13(12)9-14/h3-9H,10-11,16H2,1-2H3. The molecule has 17 heavy (non-hydrogen) atoms. The molecule has 0 bridgehead atoms. The highest BCUT2D eigenvalue weighted by Gasteiger charge is 2.16. The zero-order valence-corrected chi connectivity index (χ0v) is 10.4. The zero-order chi connectivity index (χ0) is 12.3. The van der Waals surface area contributed by atoms with Crippen molar-refractivity contribution in [2.75, 3.05) is 13.2 Å². The van der Waals surface area contributed by atoms with E-state index in [0.29, 0.717) is 13.2 Å². The second kappa shape index (κ2) is 4.76. The van der Waals surface area contributed by atoms with Crippen molar-refractivity contribution >= 4 is 10.8 Å². The van der Waals surface area contributed by atoms with E-state index in [0.717, 1.165) is 5.75 Å². The van der Waals surface area contributed by atoms with Crippen molar-refractivity contribution in [3.05, 3.63) is 42.5 Å². The van der Waals surface area contributed by atoms with Gasteiger partial charge in [0.1, 0.15) is 5.75 Å². The molecule has 0 unspecified atom stereocenters. The Balaban J connectivity index is 2.14. The molecule has 0 aromatic heterocycles. The summed E-state index contributed by atoms with van der Waals surface area (Å²) < 4.78 is 5.79. The molecule has 2 aromatic carbocycles. The Morgan fingerprint density at radius 2 is 1.76 bits per heavy atom. The van der Waals surface area contributed by atoms with Crippen molar-refractivity contribution in [3.63, 3.8) is 0 Å². The van der Waals surface area contributed by atoms with E-state index in [1.165, 1.54) is 10.8 Å². The Morgan fingerprint density at radius 1 is 1.06 bits per heavy atom. The van der Waals surface area contributed by atoms with Gasteiger partial charge < -0.3 is 10.5 Å². The van der Waals surface area contributed by atoms with Crippen LogP contribution < -0.4 is 10.5 Å². The van der Waals surface area contributed by atoms with Crippen LogP contribution in [-0.4, -0.2) is 13.2 Å². The molecule has 0 fully saturated rings. The monoisotopic (exact) mass is 229 g/mol. The molecule has 0 radical (unpaired) electrons. The lowest BCUT2D eigenvalue weighted by Gasteiger charge is -2.22. The average Bonchev–Trinajstić information content (AvgIpc) is 2.36. The van der Waals surface area contributed by atoms with E-state index in [1.807, 2.05) is 18.2 Å². The Bertz CT molecular complexity index is 505. The summed E-state index contributed by atoms with van der Waals surface area (Å²) >= 11 is 0. The molecule has 90 valence electrons. The van der Waals surface area contributed by atoms with Gasteiger partial charge in [0.2, 0.25) is 0 Å². The molecule has 2 aromatic rings. The highest BCUT2D eigenvalue weighted by molar-refractivity contribution is 5.83. The zero-order valence-electron chi connectivity index (χ0n) is 10.4. The van der Waals surface area contributed by atoms with E-state index in [-0.39, 0.29) is 5.41 Å². The van der Waals surface area contributed by atoms with Gasteiger partial charge in [0.15, 0.2) is 0 Å². The predicted molar refractivity (Wildman–Crippen MR) is 72.3 cm³/mol. The lowest BCUT2D eigenvalue weighted by atomic mass is 9.95. The molecular weight excluding hydrogens is 210 g/mol. The molecule has 2 heteroatoms. The largest absolute Gasteiger partial charge is 0.493 e. The van der Waals surface area contributed by atoms with Crippen LogP contribution in [0.1, 0.15) is 13.8 Å². The van der Waals surface area contributed by atoms with Crippen LogP contribution in [0.4, 0.5) is 0 Å². The van der Waals surface area contributed by atoms with Gasteiger partial charge in [-0.2, -0.15) is 0 Å². The molecule has 0 saturated carbocycles. The first-order chi connectivity index (χ1) is 8.11. The second-order valence-corrected chi connectivity index (χ2v) is 5.17. The summed E-state index contributed by atoms with van der Waals surface area (Å²) in [6.07, 6.45) is 0. The van der Waals surface area contributed by atoms with Crippen LogP contribution in [-0.2, 0) is 0 Å². The number of benzene rings is 2. The lowest BCUT2D eigenvalue weighted by Crippen LogP contribution is -2.30. The van der Waals surface area contributed by atoms with Gasteiger partial charge in [0.25, 0.3) is 0 Å². The van der Waals surface area contributed by atoms with Crippen LogP contribution in [0.3, 0.4) is 0 Å². The Morgan fingerprint density at radius 3 is 2.47 bits per heavy atom. The molecule has 2 N–H and O–H groups in total. The maximum absolute atomic E-state index is 5.79. The summed E-state index contributed by atoms with van der Waals surface area (Å²) in [6.45, 7) is 5.48. The number of nitrogens with two attached hydrogens (primary N) is 1. The highest BCUT2D eigenvalue weighted by Crippen LogP contribution is 2.22. The second-order valence-electron chi connectivity index (χ2n) is 5.17. The van der Waals surface area contributed by atoms with Crippen LogP contribution in [0.15, 0.2) is 42.5 Å². The van der Waals surface area contributed by atoms with Gasteiger partial charge in [-0.25, -0.2) is 0 Å². The number of hydrogen-bond donors (Lipinski definition) is 1. The fraction of sp³-hybridized carbons (Fsp3) is 0.333. The maximum atomic E-state index is 5.79. The first kappa shape index (κ1) is 11.9. The van der Waals surface area contributed by atoms with Gasteiger partial charge in [-0.05, 0) is 22.9 Å². The smallest absolute Gasteiger partial charge is 0.119 e. The van der Waals surface area contributed by atoms with Crippen LogP contribution in [0.2, 0.25) is 0 Å². The van der Waals surface area contributed by atoms with E-state index < -0.39 is 0 Å². The molecule has 0 aliphatic heterocycles. The van der Waals surface area contributed by atoms with Crippen LogP contribution in [0.25, 0.3) is 10.8 Å². The van der Waals surface area contributed by atoms with Crippen molar-refractivity contribution < 1.29 is 4.74 Å². The van der Waals surface area contributed by atoms with E-state index in [9.17, 15) is 0 Å². The number of ether oxygens (including phenoxy) is 1. The van der Waals surface area contributed by atoms with Gasteiger partial charge in [0, 0.05) is 12.0 Å². The summed E-state index contributed by atoms with van der Waals surface area (Å²) in [5.41, 5.74) is 5.70. The highest BCUT2D eigenvalue weighted by atomic mass is 16.5. The number of rotatable bonds is 4. The van der Waals surface area contributed by atoms with Crippen molar-refractivity contribution in [3.8, 4) is 5.75 Å². The van der Waals surface area contributed by atoms with E-state index in [2.05, 4.69) is 38.1 Å². The van der Waals surface area contributed by atoms with Crippen molar-refractivity contribution in [1.82, 2.24) is 0 Å². The minimum absolute atomic E-state index is 0.0195. The van der Waals surface area contributed by atoms with E-state index in [4.69, 9.17) is 10.5 Å². The molecule has 0 atom stereocenters. The first-order valence-electron chi connectivity index (χ1n) is 5.92. The Kier molecular flexibility index (Phi) is 3.34. The van der Waals surface area contributed by atoms with Crippen molar-refractivity contribution in [2.24, 2.45) is 11.1 Å². The molecule has 2 nitrogen and oxygen atoms in total. The van der Waals surface area contributed by atoms with E-state index in [1.54, 1.807) is 0 Å². The van der Waals surface area contributed by atoms with Crippen LogP contribution in [0.5, 0.6) is 5.75 Å². The minimum atomic E-state index is 0.0195. The summed E-state index contributed by atoms with van der Waals surface area (Å²) in [6, 6.07) is 14.4. The molecule has 2 rings (SSSR count). The number of fused-ring (bicyclic) bond motifs is 1. The molecule has 0 amide bonds. The molecule has 0 aliphatic rings. The molecule has 0 heterocycles. The summed E-state index contributed by atoms with van der Waals surface area (Å²) in [5, 5.41) is 2.44. The summed E-state index contributed by atoms with van der Waals surface area (Å²) in [7, 11) is 0.